The van der Waals surface area contributed by atoms with Gasteiger partial charge in [-0.3, -0.25) is 14.8 Å². The second-order valence-electron chi connectivity index (χ2n) is 7.71. The monoisotopic (exact) mass is 447 g/mol. The van der Waals surface area contributed by atoms with Crippen molar-refractivity contribution in [2.24, 2.45) is 0 Å². The van der Waals surface area contributed by atoms with Crippen molar-refractivity contribution in [3.63, 3.8) is 0 Å². The maximum Gasteiger partial charge on any atom is 0.198 e. The molecule has 4 heterocycles. The van der Waals surface area contributed by atoms with Crippen molar-refractivity contribution in [2.75, 3.05) is 5.32 Å². The van der Waals surface area contributed by atoms with E-state index in [1.54, 1.807) is 18.6 Å². The Balaban J connectivity index is 1.49. The third kappa shape index (κ3) is 3.83. The van der Waals surface area contributed by atoms with E-state index in [0.29, 0.717) is 18.1 Å². The van der Waals surface area contributed by atoms with Crippen molar-refractivity contribution in [2.45, 2.75) is 11.3 Å². The standard InChI is InChI=1S/C26H17N5OS/c32-24-12-17-5-7-20(13-23(17)33-24)29-26-21-11-16(18-3-1-9-27-14-18)6-8-22(21)30-25(31-26)19-4-2-10-28-15-19/h1-11,13-15H,12H2,(H,29,30,31). The molecule has 0 saturated heterocycles. The third-order valence-corrected chi connectivity index (χ3v) is 6.47. The van der Waals surface area contributed by atoms with E-state index in [0.717, 1.165) is 43.7 Å². The SMILES string of the molecule is O=C1Cc2ccc(Nc3nc(-c4cccnc4)nc4ccc(-c5cccnc5)cc34)cc2S1. The Morgan fingerprint density at radius 2 is 1.64 bits per heavy atom. The molecule has 158 valence electrons. The second kappa shape index (κ2) is 8.11. The number of thioether (sulfide) groups is 1. The molecule has 0 aliphatic carbocycles. The van der Waals surface area contributed by atoms with E-state index in [4.69, 9.17) is 9.97 Å². The van der Waals surface area contributed by atoms with Crippen molar-refractivity contribution >= 4 is 39.3 Å². The van der Waals surface area contributed by atoms with Gasteiger partial charge in [0.2, 0.25) is 0 Å². The fraction of sp³-hybridized carbons (Fsp3) is 0.0385. The molecule has 6 rings (SSSR count). The van der Waals surface area contributed by atoms with Gasteiger partial charge < -0.3 is 5.32 Å². The summed E-state index contributed by atoms with van der Waals surface area (Å²) in [6, 6.07) is 19.9. The van der Waals surface area contributed by atoms with E-state index >= 15 is 0 Å². The molecule has 0 bridgehead atoms. The number of nitrogens with one attached hydrogen (secondary N) is 1. The summed E-state index contributed by atoms with van der Waals surface area (Å²) in [5.74, 6) is 1.29. The molecule has 0 unspecified atom stereocenters. The van der Waals surface area contributed by atoms with Crippen molar-refractivity contribution in [3.8, 4) is 22.5 Å². The lowest BCUT2D eigenvalue weighted by Crippen LogP contribution is -2.00. The van der Waals surface area contributed by atoms with Gasteiger partial charge in [-0.2, -0.15) is 0 Å². The van der Waals surface area contributed by atoms with Gasteiger partial charge in [-0.05, 0) is 53.6 Å². The molecule has 0 spiro atoms. The van der Waals surface area contributed by atoms with Crippen LogP contribution in [0.5, 0.6) is 0 Å². The van der Waals surface area contributed by atoms with Gasteiger partial charge in [-0.1, -0.05) is 30.0 Å². The number of fused-ring (bicyclic) bond motifs is 2. The summed E-state index contributed by atoms with van der Waals surface area (Å²) in [4.78, 5) is 30.9. The highest BCUT2D eigenvalue weighted by Gasteiger charge is 2.20. The summed E-state index contributed by atoms with van der Waals surface area (Å²) in [5.41, 5.74) is 5.66. The van der Waals surface area contributed by atoms with Crippen LogP contribution in [0.25, 0.3) is 33.4 Å². The molecule has 1 aliphatic rings. The molecule has 33 heavy (non-hydrogen) atoms. The summed E-state index contributed by atoms with van der Waals surface area (Å²) < 4.78 is 0. The number of nitrogens with zero attached hydrogens (tertiary/aromatic N) is 4. The van der Waals surface area contributed by atoms with Crippen LogP contribution in [-0.2, 0) is 11.2 Å². The zero-order chi connectivity index (χ0) is 22.2. The zero-order valence-corrected chi connectivity index (χ0v) is 18.2. The molecule has 6 nitrogen and oxygen atoms in total. The summed E-state index contributed by atoms with van der Waals surface area (Å²) in [6.45, 7) is 0. The van der Waals surface area contributed by atoms with Gasteiger partial charge in [0, 0.05) is 58.3 Å². The normalized spacial score (nSPS) is 12.7. The maximum atomic E-state index is 11.8. The van der Waals surface area contributed by atoms with Crippen LogP contribution in [0.1, 0.15) is 5.56 Å². The highest BCUT2D eigenvalue weighted by atomic mass is 32.2. The topological polar surface area (TPSA) is 80.7 Å². The van der Waals surface area contributed by atoms with Gasteiger partial charge in [0.15, 0.2) is 10.9 Å². The number of aromatic nitrogens is 4. The van der Waals surface area contributed by atoms with Crippen LogP contribution >= 0.6 is 11.8 Å². The lowest BCUT2D eigenvalue weighted by molar-refractivity contribution is -0.110. The van der Waals surface area contributed by atoms with Crippen LogP contribution in [0, 0.1) is 0 Å². The van der Waals surface area contributed by atoms with E-state index in [-0.39, 0.29) is 5.12 Å². The lowest BCUT2D eigenvalue weighted by atomic mass is 10.0. The van der Waals surface area contributed by atoms with E-state index < -0.39 is 0 Å². The minimum absolute atomic E-state index is 0.176. The number of anilines is 2. The zero-order valence-electron chi connectivity index (χ0n) is 17.4. The van der Waals surface area contributed by atoms with Gasteiger partial charge in [0.25, 0.3) is 0 Å². The van der Waals surface area contributed by atoms with Gasteiger partial charge in [-0.15, -0.1) is 0 Å². The summed E-state index contributed by atoms with van der Waals surface area (Å²) in [7, 11) is 0. The molecule has 1 aliphatic heterocycles. The fourth-order valence-corrected chi connectivity index (χ4v) is 4.82. The molecule has 0 fully saturated rings. The van der Waals surface area contributed by atoms with Gasteiger partial charge >= 0.3 is 0 Å². The van der Waals surface area contributed by atoms with Crippen LogP contribution in [0.3, 0.4) is 0 Å². The Morgan fingerprint density at radius 1 is 0.818 bits per heavy atom. The smallest absolute Gasteiger partial charge is 0.198 e. The van der Waals surface area contributed by atoms with Crippen LogP contribution in [0.15, 0.2) is 90.3 Å². The molecule has 5 aromatic rings. The quantitative estimate of drug-likeness (QED) is 0.380. The maximum absolute atomic E-state index is 11.8. The summed E-state index contributed by atoms with van der Waals surface area (Å²) >= 11 is 1.29. The highest BCUT2D eigenvalue weighted by Crippen LogP contribution is 2.36. The number of hydrogen-bond acceptors (Lipinski definition) is 7. The van der Waals surface area contributed by atoms with E-state index in [2.05, 4.69) is 21.4 Å². The first-order valence-electron chi connectivity index (χ1n) is 10.5. The molecule has 1 N–H and O–H groups in total. The average Bonchev–Trinajstić information content (AvgIpc) is 3.24. The minimum atomic E-state index is 0.176. The predicted octanol–water partition coefficient (Wildman–Crippen LogP) is 5.67. The van der Waals surface area contributed by atoms with Crippen molar-refractivity contribution in [1.29, 1.82) is 0 Å². The number of pyridine rings is 2. The van der Waals surface area contributed by atoms with Crippen LogP contribution < -0.4 is 5.32 Å². The van der Waals surface area contributed by atoms with Gasteiger partial charge in [0.05, 0.1) is 5.52 Å². The fourth-order valence-electron chi connectivity index (χ4n) is 3.89. The minimum Gasteiger partial charge on any atom is -0.340 e. The van der Waals surface area contributed by atoms with Crippen molar-refractivity contribution in [3.05, 3.63) is 91.0 Å². The number of benzene rings is 2. The Hall–Kier alpha value is -4.10. The number of carbonyl (C=O) groups excluding carboxylic acids is 1. The first-order chi connectivity index (χ1) is 16.2. The third-order valence-electron chi connectivity index (χ3n) is 5.50. The molecule has 7 heteroatoms. The second-order valence-corrected chi connectivity index (χ2v) is 8.81. The molecule has 0 radical (unpaired) electrons. The van der Waals surface area contributed by atoms with Crippen molar-refractivity contribution < 1.29 is 4.79 Å². The lowest BCUT2D eigenvalue weighted by Gasteiger charge is -2.13. The molecule has 0 amide bonds. The molecular weight excluding hydrogens is 430 g/mol. The molecule has 0 saturated carbocycles. The highest BCUT2D eigenvalue weighted by molar-refractivity contribution is 8.14. The Morgan fingerprint density at radius 3 is 2.42 bits per heavy atom. The summed E-state index contributed by atoms with van der Waals surface area (Å²) in [5, 5.41) is 4.54. The average molecular weight is 448 g/mol. The Kier molecular flexibility index (Phi) is 4.81. The van der Waals surface area contributed by atoms with Crippen LogP contribution in [0.2, 0.25) is 0 Å². The first-order valence-corrected chi connectivity index (χ1v) is 11.3. The van der Waals surface area contributed by atoms with Gasteiger partial charge in [0.1, 0.15) is 5.82 Å². The number of rotatable bonds is 4. The number of carbonyl (C=O) groups is 1. The largest absolute Gasteiger partial charge is 0.340 e. The Bertz CT molecular complexity index is 1510. The molecular formula is C26H17N5OS. The molecule has 2 aromatic carbocycles. The Labute approximate surface area is 194 Å². The van der Waals surface area contributed by atoms with E-state index in [1.807, 2.05) is 60.8 Å². The first kappa shape index (κ1) is 19.6. The van der Waals surface area contributed by atoms with Crippen LogP contribution in [0.4, 0.5) is 11.5 Å². The van der Waals surface area contributed by atoms with Crippen LogP contribution in [-0.4, -0.2) is 25.1 Å². The summed E-state index contributed by atoms with van der Waals surface area (Å²) in [6.07, 6.45) is 7.57. The predicted molar refractivity (Wildman–Crippen MR) is 130 cm³/mol. The van der Waals surface area contributed by atoms with E-state index in [1.165, 1.54) is 11.8 Å². The molecule has 0 atom stereocenters. The van der Waals surface area contributed by atoms with Crippen molar-refractivity contribution in [1.82, 2.24) is 19.9 Å². The van der Waals surface area contributed by atoms with Gasteiger partial charge in [-0.25, -0.2) is 9.97 Å². The number of hydrogen-bond donors (Lipinski definition) is 1. The molecule has 3 aromatic heterocycles. The van der Waals surface area contributed by atoms with E-state index in [9.17, 15) is 4.79 Å².